The zero-order chi connectivity index (χ0) is 22.3. The molecule has 0 radical (unpaired) electrons. The molecule has 0 amide bonds. The van der Waals surface area contributed by atoms with Crippen LogP contribution >= 0.6 is 0 Å². The Morgan fingerprint density at radius 3 is 2.62 bits per heavy atom. The number of nitrogens with zero attached hydrogens (tertiary/aromatic N) is 3. The molecule has 0 aromatic heterocycles. The molecule has 32 heavy (non-hydrogen) atoms. The Kier molecular flexibility index (Phi) is 7.47. The van der Waals surface area contributed by atoms with Gasteiger partial charge < -0.3 is 24.6 Å². The Bertz CT molecular complexity index is 913. The van der Waals surface area contributed by atoms with Gasteiger partial charge in [0.25, 0.3) is 0 Å². The van der Waals surface area contributed by atoms with Crippen LogP contribution in [0.4, 0.5) is 10.1 Å². The average Bonchev–Trinajstić information content (AvgIpc) is 3.32. The Morgan fingerprint density at radius 1 is 1.16 bits per heavy atom. The van der Waals surface area contributed by atoms with Crippen LogP contribution in [0.1, 0.15) is 30.4 Å². The minimum absolute atomic E-state index is 0.189. The predicted molar refractivity (Wildman–Crippen MR) is 126 cm³/mol. The van der Waals surface area contributed by atoms with E-state index >= 15 is 0 Å². The van der Waals surface area contributed by atoms with Gasteiger partial charge in [-0.15, -0.1) is 0 Å². The highest BCUT2D eigenvalue weighted by atomic mass is 19.1. The molecular weight excluding hydrogens is 407 g/mol. The molecule has 2 aromatic rings. The number of morpholine rings is 1. The summed E-state index contributed by atoms with van der Waals surface area (Å²) in [5.74, 6) is 2.05. The molecule has 1 unspecified atom stereocenters. The fourth-order valence-electron chi connectivity index (χ4n) is 4.40. The van der Waals surface area contributed by atoms with Crippen LogP contribution in [0.5, 0.6) is 5.75 Å². The number of halogens is 1. The molecule has 6 nitrogen and oxygen atoms in total. The van der Waals surface area contributed by atoms with E-state index in [0.717, 1.165) is 56.4 Å². The summed E-state index contributed by atoms with van der Waals surface area (Å²) in [6.45, 7) is 7.93. The lowest BCUT2D eigenvalue weighted by Crippen LogP contribution is -2.40. The molecule has 2 fully saturated rings. The van der Waals surface area contributed by atoms with Gasteiger partial charge in [0, 0.05) is 38.6 Å². The molecule has 2 aliphatic rings. The lowest BCUT2D eigenvalue weighted by Gasteiger charge is -2.29. The first-order valence-corrected chi connectivity index (χ1v) is 11.5. The first-order chi connectivity index (χ1) is 15.7. The monoisotopic (exact) mass is 440 g/mol. The summed E-state index contributed by atoms with van der Waals surface area (Å²) in [4.78, 5) is 9.16. The van der Waals surface area contributed by atoms with E-state index in [1.165, 1.54) is 5.56 Å². The topological polar surface area (TPSA) is 49.3 Å². The van der Waals surface area contributed by atoms with E-state index in [2.05, 4.69) is 29.3 Å². The molecule has 2 aromatic carbocycles. The summed E-state index contributed by atoms with van der Waals surface area (Å²) in [5.41, 5.74) is 2.85. The normalized spacial score (nSPS) is 19.3. The van der Waals surface area contributed by atoms with Gasteiger partial charge in [-0.1, -0.05) is 18.2 Å². The minimum atomic E-state index is -0.189. The number of hydrogen-bond donors (Lipinski definition) is 1. The predicted octanol–water partition coefficient (Wildman–Crippen LogP) is 3.63. The van der Waals surface area contributed by atoms with Crippen molar-refractivity contribution in [2.24, 2.45) is 4.99 Å². The van der Waals surface area contributed by atoms with E-state index in [1.807, 2.05) is 29.2 Å². The summed E-state index contributed by atoms with van der Waals surface area (Å²) in [6.07, 6.45) is 1.08. The third-order valence-electron chi connectivity index (χ3n) is 6.19. The minimum Gasteiger partial charge on any atom is -0.497 e. The Labute approximate surface area is 190 Å². The number of likely N-dealkylation sites (tertiary alicyclic amines) is 1. The van der Waals surface area contributed by atoms with Gasteiger partial charge in [0.2, 0.25) is 0 Å². The number of benzene rings is 2. The van der Waals surface area contributed by atoms with Crippen molar-refractivity contribution in [3.8, 4) is 5.75 Å². The van der Waals surface area contributed by atoms with E-state index in [1.54, 1.807) is 13.2 Å². The molecular formula is C25H33FN4O2. The van der Waals surface area contributed by atoms with Crippen LogP contribution in [0.2, 0.25) is 0 Å². The second kappa shape index (κ2) is 10.7. The molecule has 0 spiro atoms. The Hall–Kier alpha value is -2.80. The maximum atomic E-state index is 14.7. The fourth-order valence-corrected chi connectivity index (χ4v) is 4.40. The van der Waals surface area contributed by atoms with Gasteiger partial charge in [-0.3, -0.25) is 0 Å². The third-order valence-corrected chi connectivity index (χ3v) is 6.19. The summed E-state index contributed by atoms with van der Waals surface area (Å²) in [7, 11) is 1.69. The van der Waals surface area contributed by atoms with Gasteiger partial charge >= 0.3 is 0 Å². The van der Waals surface area contributed by atoms with Crippen molar-refractivity contribution in [3.63, 3.8) is 0 Å². The number of methoxy groups -OCH3 is 1. The summed E-state index contributed by atoms with van der Waals surface area (Å²) in [6, 6.07) is 13.8. The second-order valence-corrected chi connectivity index (χ2v) is 8.26. The van der Waals surface area contributed by atoms with Crippen molar-refractivity contribution in [2.75, 3.05) is 57.9 Å². The quantitative estimate of drug-likeness (QED) is 0.549. The molecule has 172 valence electrons. The van der Waals surface area contributed by atoms with E-state index in [0.29, 0.717) is 31.4 Å². The van der Waals surface area contributed by atoms with Gasteiger partial charge in [0.1, 0.15) is 11.6 Å². The lowest BCUT2D eigenvalue weighted by molar-refractivity contribution is 0.122. The number of aliphatic imine (C=N–C) groups is 1. The van der Waals surface area contributed by atoms with Crippen LogP contribution < -0.4 is 15.0 Å². The van der Waals surface area contributed by atoms with Crippen molar-refractivity contribution in [2.45, 2.75) is 25.8 Å². The van der Waals surface area contributed by atoms with Crippen molar-refractivity contribution in [3.05, 3.63) is 59.4 Å². The molecule has 2 saturated heterocycles. The van der Waals surface area contributed by atoms with Gasteiger partial charge in [-0.25, -0.2) is 9.38 Å². The third kappa shape index (κ3) is 5.33. The van der Waals surface area contributed by atoms with Gasteiger partial charge in [0.05, 0.1) is 32.6 Å². The Morgan fingerprint density at radius 2 is 1.94 bits per heavy atom. The van der Waals surface area contributed by atoms with Crippen LogP contribution in [-0.4, -0.2) is 63.9 Å². The second-order valence-electron chi connectivity index (χ2n) is 8.26. The van der Waals surface area contributed by atoms with Gasteiger partial charge in [-0.2, -0.15) is 0 Å². The van der Waals surface area contributed by atoms with Crippen LogP contribution in [0.15, 0.2) is 47.5 Å². The van der Waals surface area contributed by atoms with Crippen LogP contribution in [0, 0.1) is 5.82 Å². The highest BCUT2D eigenvalue weighted by molar-refractivity contribution is 5.80. The number of ether oxygens (including phenoxy) is 2. The molecule has 2 aliphatic heterocycles. The van der Waals surface area contributed by atoms with Crippen molar-refractivity contribution < 1.29 is 13.9 Å². The summed E-state index contributed by atoms with van der Waals surface area (Å²) >= 11 is 0. The summed E-state index contributed by atoms with van der Waals surface area (Å²) in [5, 5.41) is 3.40. The maximum Gasteiger partial charge on any atom is 0.194 e. The van der Waals surface area contributed by atoms with Crippen LogP contribution in [0.3, 0.4) is 0 Å². The smallest absolute Gasteiger partial charge is 0.194 e. The van der Waals surface area contributed by atoms with Crippen LogP contribution in [0.25, 0.3) is 0 Å². The van der Waals surface area contributed by atoms with E-state index in [4.69, 9.17) is 14.5 Å². The maximum absolute atomic E-state index is 14.7. The first kappa shape index (κ1) is 22.4. The van der Waals surface area contributed by atoms with Crippen LogP contribution in [-0.2, 0) is 11.3 Å². The SMILES string of the molecule is CCNC(=NCc1ccc(N2CCOCC2)c(F)c1)N1CCC(c2ccc(OC)cc2)C1. The molecule has 0 aliphatic carbocycles. The zero-order valence-corrected chi connectivity index (χ0v) is 19.0. The zero-order valence-electron chi connectivity index (χ0n) is 19.0. The standard InChI is InChI=1S/C25H33FN4O2/c1-3-27-25(30-11-10-21(18-30)20-5-7-22(31-2)8-6-20)28-17-19-4-9-24(23(26)16-19)29-12-14-32-15-13-29/h4-9,16,21H,3,10-15,17-18H2,1-2H3,(H,27,28). The fraction of sp³-hybridized carbons (Fsp3) is 0.480. The lowest BCUT2D eigenvalue weighted by atomic mass is 9.98. The van der Waals surface area contributed by atoms with E-state index in [9.17, 15) is 4.39 Å². The van der Waals surface area contributed by atoms with E-state index in [-0.39, 0.29) is 5.82 Å². The van der Waals surface area contributed by atoms with Gasteiger partial charge in [-0.05, 0) is 48.7 Å². The number of hydrogen-bond acceptors (Lipinski definition) is 4. The van der Waals surface area contributed by atoms with E-state index < -0.39 is 0 Å². The van der Waals surface area contributed by atoms with Gasteiger partial charge in [0.15, 0.2) is 5.96 Å². The number of anilines is 1. The molecule has 1 atom stereocenters. The number of rotatable bonds is 6. The molecule has 1 N–H and O–H groups in total. The number of nitrogens with one attached hydrogen (secondary N) is 1. The highest BCUT2D eigenvalue weighted by Gasteiger charge is 2.26. The van der Waals surface area contributed by atoms with Crippen molar-refractivity contribution in [1.82, 2.24) is 10.2 Å². The number of guanidine groups is 1. The molecule has 2 heterocycles. The molecule has 0 saturated carbocycles. The Balaban J connectivity index is 1.41. The molecule has 4 rings (SSSR count). The first-order valence-electron chi connectivity index (χ1n) is 11.5. The highest BCUT2D eigenvalue weighted by Crippen LogP contribution is 2.28. The summed E-state index contributed by atoms with van der Waals surface area (Å²) < 4.78 is 25.4. The molecule has 0 bridgehead atoms. The van der Waals surface area contributed by atoms with Crippen molar-refractivity contribution >= 4 is 11.6 Å². The molecule has 7 heteroatoms. The average molecular weight is 441 g/mol. The van der Waals surface area contributed by atoms with Crippen molar-refractivity contribution in [1.29, 1.82) is 0 Å². The largest absolute Gasteiger partial charge is 0.497 e.